The number of carbonyl (C=O) groups excluding carboxylic acids is 2. The first-order chi connectivity index (χ1) is 16.1. The van der Waals surface area contributed by atoms with Gasteiger partial charge in [0, 0.05) is 31.2 Å². The largest absolute Gasteiger partial charge is 0.348 e. The van der Waals surface area contributed by atoms with Crippen LogP contribution in [0.5, 0.6) is 0 Å². The van der Waals surface area contributed by atoms with Gasteiger partial charge in [0.1, 0.15) is 6.04 Å². The quantitative estimate of drug-likeness (QED) is 0.525. The molecule has 1 heterocycles. The van der Waals surface area contributed by atoms with Crippen molar-refractivity contribution in [2.24, 2.45) is 15.9 Å². The Kier molecular flexibility index (Phi) is 9.97. The van der Waals surface area contributed by atoms with E-state index < -0.39 is 6.04 Å². The third-order valence-corrected chi connectivity index (χ3v) is 6.75. The van der Waals surface area contributed by atoms with Crippen molar-refractivity contribution in [2.75, 3.05) is 13.6 Å². The van der Waals surface area contributed by atoms with E-state index in [1.807, 2.05) is 59.8 Å². The van der Waals surface area contributed by atoms with Gasteiger partial charge in [-0.15, -0.1) is 0 Å². The van der Waals surface area contributed by atoms with Gasteiger partial charge in [0.15, 0.2) is 0 Å². The van der Waals surface area contributed by atoms with E-state index >= 15 is 0 Å². The number of aliphatic imine (C=N–C) groups is 2. The number of carbonyl (C=O) groups is 2. The number of benzene rings is 1. The van der Waals surface area contributed by atoms with E-state index in [2.05, 4.69) is 34.4 Å². The maximum absolute atomic E-state index is 13.2. The molecule has 0 spiro atoms. The molecule has 3 atom stereocenters. The average Bonchev–Trinajstić information content (AvgIpc) is 3.32. The fourth-order valence-electron chi connectivity index (χ4n) is 4.18. The molecule has 6 nitrogen and oxygen atoms in total. The van der Waals surface area contributed by atoms with Crippen LogP contribution in [0.3, 0.4) is 0 Å². The number of allylic oxidation sites excluding steroid dienone is 3. The standard InChI is InChI=1S/C28H40N4O2/c1-9-30-22(6)21(5)24-12-14-25(15-13-24)23(7)31-27(33)26-11-10-16-32(26)28(34)20(4)18(2)17-19(3)29-8/h9,12-15,17,20,23,26H,10-11,16H2,1-8H3,(H,31,33)/b18-17+,22-21+,29-19?,30-9?. The molecule has 0 radical (unpaired) electrons. The summed E-state index contributed by atoms with van der Waals surface area (Å²) < 4.78 is 0. The van der Waals surface area contributed by atoms with Crippen LogP contribution in [0, 0.1) is 5.92 Å². The van der Waals surface area contributed by atoms with Gasteiger partial charge in [-0.25, -0.2) is 0 Å². The van der Waals surface area contributed by atoms with Crippen molar-refractivity contribution in [3.8, 4) is 0 Å². The van der Waals surface area contributed by atoms with Crippen LogP contribution in [0.25, 0.3) is 5.57 Å². The monoisotopic (exact) mass is 464 g/mol. The summed E-state index contributed by atoms with van der Waals surface area (Å²) in [6.45, 7) is 14.3. The van der Waals surface area contributed by atoms with Gasteiger partial charge < -0.3 is 10.2 Å². The molecule has 2 amide bonds. The van der Waals surface area contributed by atoms with E-state index in [1.165, 1.54) is 0 Å². The number of likely N-dealkylation sites (tertiary alicyclic amines) is 1. The zero-order valence-electron chi connectivity index (χ0n) is 22.0. The van der Waals surface area contributed by atoms with Crippen LogP contribution >= 0.6 is 0 Å². The highest BCUT2D eigenvalue weighted by atomic mass is 16.2. The molecule has 1 aromatic carbocycles. The minimum Gasteiger partial charge on any atom is -0.348 e. The van der Waals surface area contributed by atoms with Crippen LogP contribution in [0.15, 0.2) is 51.6 Å². The number of rotatable bonds is 8. The summed E-state index contributed by atoms with van der Waals surface area (Å²) in [5.74, 6) is -0.377. The summed E-state index contributed by atoms with van der Waals surface area (Å²) in [5.41, 5.74) is 6.08. The Balaban J connectivity index is 2.09. The van der Waals surface area contributed by atoms with Gasteiger partial charge in [0.25, 0.3) is 0 Å². The molecule has 1 N–H and O–H groups in total. The molecule has 0 aliphatic carbocycles. The zero-order chi connectivity index (χ0) is 25.4. The molecule has 1 aromatic rings. The van der Waals surface area contributed by atoms with Crippen molar-refractivity contribution in [1.82, 2.24) is 10.2 Å². The highest BCUT2D eigenvalue weighted by molar-refractivity contribution is 5.95. The molecule has 1 aliphatic rings. The molecule has 1 saturated heterocycles. The third-order valence-electron chi connectivity index (χ3n) is 6.75. The first-order valence-corrected chi connectivity index (χ1v) is 12.1. The predicted molar refractivity (Wildman–Crippen MR) is 142 cm³/mol. The summed E-state index contributed by atoms with van der Waals surface area (Å²) in [6.07, 6.45) is 5.26. The SMILES string of the molecule is CC=N/C(C)=C(\C)c1ccc(C(C)NC(=O)C2CCCN2C(=O)C(C)/C(C)=C/C(C)=NC)cc1. The van der Waals surface area contributed by atoms with Crippen molar-refractivity contribution < 1.29 is 9.59 Å². The lowest BCUT2D eigenvalue weighted by Crippen LogP contribution is -2.48. The molecule has 6 heteroatoms. The molecule has 1 fully saturated rings. The summed E-state index contributed by atoms with van der Waals surface area (Å²) in [5, 5.41) is 3.12. The fourth-order valence-corrected chi connectivity index (χ4v) is 4.18. The second-order valence-electron chi connectivity index (χ2n) is 9.11. The van der Waals surface area contributed by atoms with E-state index in [4.69, 9.17) is 0 Å². The molecule has 34 heavy (non-hydrogen) atoms. The summed E-state index contributed by atoms with van der Waals surface area (Å²) in [6, 6.07) is 7.62. The average molecular weight is 465 g/mol. The number of amides is 2. The molecule has 1 aliphatic heterocycles. The molecule has 2 rings (SSSR count). The van der Waals surface area contributed by atoms with Gasteiger partial charge in [-0.05, 0) is 84.1 Å². The summed E-state index contributed by atoms with van der Waals surface area (Å²) in [7, 11) is 1.74. The first-order valence-electron chi connectivity index (χ1n) is 12.1. The Bertz CT molecular complexity index is 1000. The van der Waals surface area contributed by atoms with Crippen molar-refractivity contribution in [1.29, 1.82) is 0 Å². The molecule has 0 aromatic heterocycles. The van der Waals surface area contributed by atoms with Gasteiger partial charge in [0.2, 0.25) is 11.8 Å². The normalized spacial score (nSPS) is 19.8. The van der Waals surface area contributed by atoms with Crippen LogP contribution in [0.1, 0.15) is 78.5 Å². The summed E-state index contributed by atoms with van der Waals surface area (Å²) >= 11 is 0. The number of nitrogens with zero attached hydrogens (tertiary/aromatic N) is 3. The van der Waals surface area contributed by atoms with E-state index in [9.17, 15) is 9.59 Å². The van der Waals surface area contributed by atoms with Crippen LogP contribution in [-0.2, 0) is 9.59 Å². The van der Waals surface area contributed by atoms with Crippen molar-refractivity contribution >= 4 is 29.3 Å². The molecule has 3 unspecified atom stereocenters. The Labute approximate surface area is 204 Å². The van der Waals surface area contributed by atoms with E-state index in [0.717, 1.165) is 40.1 Å². The van der Waals surface area contributed by atoms with Crippen LogP contribution in [0.4, 0.5) is 0 Å². The second kappa shape index (κ2) is 12.4. The summed E-state index contributed by atoms with van der Waals surface area (Å²) in [4.78, 5) is 36.6. The molecule has 0 saturated carbocycles. The van der Waals surface area contributed by atoms with Gasteiger partial charge in [-0.2, -0.15) is 0 Å². The number of nitrogens with one attached hydrogen (secondary N) is 1. The van der Waals surface area contributed by atoms with Crippen LogP contribution < -0.4 is 5.32 Å². The molecule has 0 bridgehead atoms. The predicted octanol–water partition coefficient (Wildman–Crippen LogP) is 5.37. The lowest BCUT2D eigenvalue weighted by Gasteiger charge is -2.28. The highest BCUT2D eigenvalue weighted by Gasteiger charge is 2.36. The minimum atomic E-state index is -0.426. The highest BCUT2D eigenvalue weighted by Crippen LogP contribution is 2.25. The maximum Gasteiger partial charge on any atom is 0.243 e. The third kappa shape index (κ3) is 6.75. The van der Waals surface area contributed by atoms with Crippen molar-refractivity contribution in [3.05, 3.63) is 52.7 Å². The van der Waals surface area contributed by atoms with Crippen molar-refractivity contribution in [3.63, 3.8) is 0 Å². The van der Waals surface area contributed by atoms with Gasteiger partial charge in [0.05, 0.1) is 12.0 Å². The van der Waals surface area contributed by atoms with E-state index in [-0.39, 0.29) is 23.8 Å². The molecular weight excluding hydrogens is 424 g/mol. The Morgan fingerprint density at radius 2 is 1.76 bits per heavy atom. The topological polar surface area (TPSA) is 74.1 Å². The second-order valence-corrected chi connectivity index (χ2v) is 9.11. The van der Waals surface area contributed by atoms with Crippen LogP contribution in [0.2, 0.25) is 0 Å². The van der Waals surface area contributed by atoms with Gasteiger partial charge in [-0.1, -0.05) is 29.8 Å². The van der Waals surface area contributed by atoms with Gasteiger partial charge >= 0.3 is 0 Å². The lowest BCUT2D eigenvalue weighted by atomic mass is 9.99. The maximum atomic E-state index is 13.2. The number of hydrogen-bond donors (Lipinski definition) is 1. The zero-order valence-corrected chi connectivity index (χ0v) is 22.0. The first kappa shape index (κ1) is 27.2. The van der Waals surface area contributed by atoms with Crippen molar-refractivity contribution in [2.45, 2.75) is 73.4 Å². The van der Waals surface area contributed by atoms with Crippen LogP contribution in [-0.4, -0.2) is 48.3 Å². The van der Waals surface area contributed by atoms with Gasteiger partial charge in [-0.3, -0.25) is 19.6 Å². The molecule has 184 valence electrons. The fraction of sp³-hybridized carbons (Fsp3) is 0.500. The lowest BCUT2D eigenvalue weighted by molar-refractivity contribution is -0.140. The number of hydrogen-bond acceptors (Lipinski definition) is 4. The Hall–Kier alpha value is -3.02. The Morgan fingerprint density at radius 3 is 2.35 bits per heavy atom. The van der Waals surface area contributed by atoms with E-state index in [1.54, 1.807) is 18.2 Å². The molecular formula is C28H40N4O2. The Morgan fingerprint density at radius 1 is 1.12 bits per heavy atom. The minimum absolute atomic E-state index is 0.000297. The van der Waals surface area contributed by atoms with E-state index in [0.29, 0.717) is 13.0 Å². The smallest absolute Gasteiger partial charge is 0.243 e.